The number of halogens is 1. The Balaban J connectivity index is 2.20. The fourth-order valence-electron chi connectivity index (χ4n) is 1.73. The summed E-state index contributed by atoms with van der Waals surface area (Å²) in [6.45, 7) is 0.205. The number of nitrogens with two attached hydrogens (primary N) is 1. The SMILES string of the molecule is Nc1ccc(NCc2ccccc2F)c(C(=O)O)c1. The van der Waals surface area contributed by atoms with Crippen molar-refractivity contribution in [2.24, 2.45) is 0 Å². The number of carboxylic acids is 1. The molecule has 4 N–H and O–H groups in total. The summed E-state index contributed by atoms with van der Waals surface area (Å²) in [4.78, 5) is 11.1. The molecule has 2 aromatic rings. The van der Waals surface area contributed by atoms with E-state index in [-0.39, 0.29) is 17.9 Å². The summed E-state index contributed by atoms with van der Waals surface area (Å²) in [5, 5.41) is 12.0. The van der Waals surface area contributed by atoms with Crippen LogP contribution in [0.4, 0.5) is 15.8 Å². The molecule has 0 bridgehead atoms. The number of carboxylic acid groups (broad SMARTS) is 1. The molecule has 0 heterocycles. The average molecular weight is 260 g/mol. The molecule has 0 saturated carbocycles. The molecule has 0 atom stereocenters. The number of nitrogens with one attached hydrogen (secondary N) is 1. The molecule has 0 amide bonds. The van der Waals surface area contributed by atoms with Gasteiger partial charge in [0.05, 0.1) is 5.56 Å². The number of benzene rings is 2. The first-order valence-corrected chi connectivity index (χ1v) is 5.68. The zero-order valence-electron chi connectivity index (χ0n) is 10.1. The molecule has 0 aliphatic heterocycles. The molecule has 0 unspecified atom stereocenters. The number of hydrogen-bond acceptors (Lipinski definition) is 3. The molecule has 5 heteroatoms. The second kappa shape index (κ2) is 5.39. The van der Waals surface area contributed by atoms with E-state index in [4.69, 9.17) is 10.8 Å². The topological polar surface area (TPSA) is 75.3 Å². The molecule has 0 radical (unpaired) electrons. The molecule has 4 nitrogen and oxygen atoms in total. The summed E-state index contributed by atoms with van der Waals surface area (Å²) < 4.78 is 13.4. The third kappa shape index (κ3) is 3.01. The van der Waals surface area contributed by atoms with Crippen molar-refractivity contribution in [3.8, 4) is 0 Å². The van der Waals surface area contributed by atoms with E-state index in [1.165, 1.54) is 12.1 Å². The van der Waals surface area contributed by atoms with Crippen molar-refractivity contribution in [2.45, 2.75) is 6.54 Å². The van der Waals surface area contributed by atoms with Crippen LogP contribution in [-0.2, 0) is 6.54 Å². The second-order valence-electron chi connectivity index (χ2n) is 4.06. The highest BCUT2D eigenvalue weighted by Crippen LogP contribution is 2.20. The zero-order chi connectivity index (χ0) is 13.8. The highest BCUT2D eigenvalue weighted by molar-refractivity contribution is 5.95. The van der Waals surface area contributed by atoms with E-state index in [1.54, 1.807) is 30.3 Å². The van der Waals surface area contributed by atoms with Crippen LogP contribution < -0.4 is 11.1 Å². The van der Waals surface area contributed by atoms with E-state index >= 15 is 0 Å². The van der Waals surface area contributed by atoms with Gasteiger partial charge in [0.15, 0.2) is 0 Å². The molecule has 0 fully saturated rings. The summed E-state index contributed by atoms with van der Waals surface area (Å²) in [5.74, 6) is -1.41. The van der Waals surface area contributed by atoms with Crippen LogP contribution in [0.25, 0.3) is 0 Å². The average Bonchev–Trinajstić information content (AvgIpc) is 2.38. The normalized spacial score (nSPS) is 10.2. The van der Waals surface area contributed by atoms with Gasteiger partial charge >= 0.3 is 5.97 Å². The minimum absolute atomic E-state index is 0.0661. The first-order valence-electron chi connectivity index (χ1n) is 5.68. The summed E-state index contributed by atoms with van der Waals surface area (Å²) >= 11 is 0. The summed E-state index contributed by atoms with van der Waals surface area (Å²) in [7, 11) is 0. The van der Waals surface area contributed by atoms with Crippen LogP contribution >= 0.6 is 0 Å². The Bertz CT molecular complexity index is 614. The van der Waals surface area contributed by atoms with E-state index in [9.17, 15) is 9.18 Å². The molecule has 19 heavy (non-hydrogen) atoms. The van der Waals surface area contributed by atoms with Gasteiger partial charge in [0, 0.05) is 23.5 Å². The minimum Gasteiger partial charge on any atom is -0.478 e. The molecule has 98 valence electrons. The van der Waals surface area contributed by atoms with Crippen LogP contribution in [0.1, 0.15) is 15.9 Å². The van der Waals surface area contributed by atoms with Crippen LogP contribution in [0.2, 0.25) is 0 Å². The van der Waals surface area contributed by atoms with Crippen molar-refractivity contribution in [2.75, 3.05) is 11.1 Å². The van der Waals surface area contributed by atoms with Gasteiger partial charge in [0.1, 0.15) is 5.82 Å². The van der Waals surface area contributed by atoms with Gasteiger partial charge in [-0.2, -0.15) is 0 Å². The lowest BCUT2D eigenvalue weighted by Crippen LogP contribution is -2.08. The van der Waals surface area contributed by atoms with E-state index in [0.29, 0.717) is 16.9 Å². The van der Waals surface area contributed by atoms with Crippen molar-refractivity contribution < 1.29 is 14.3 Å². The third-order valence-electron chi connectivity index (χ3n) is 2.70. The van der Waals surface area contributed by atoms with Crippen molar-refractivity contribution in [3.63, 3.8) is 0 Å². The number of anilines is 2. The third-order valence-corrected chi connectivity index (χ3v) is 2.70. The molecule has 2 rings (SSSR count). The van der Waals surface area contributed by atoms with Crippen LogP contribution in [-0.4, -0.2) is 11.1 Å². The van der Waals surface area contributed by atoms with Crippen molar-refractivity contribution in [1.29, 1.82) is 0 Å². The zero-order valence-corrected chi connectivity index (χ0v) is 10.1. The highest BCUT2D eigenvalue weighted by Gasteiger charge is 2.10. The van der Waals surface area contributed by atoms with Crippen molar-refractivity contribution in [3.05, 3.63) is 59.4 Å². The van der Waals surface area contributed by atoms with Crippen LogP contribution in [0, 0.1) is 5.82 Å². The lowest BCUT2D eigenvalue weighted by molar-refractivity contribution is 0.0698. The monoisotopic (exact) mass is 260 g/mol. The number of hydrogen-bond donors (Lipinski definition) is 3. The Morgan fingerprint density at radius 3 is 2.68 bits per heavy atom. The quantitative estimate of drug-likeness (QED) is 0.739. The number of rotatable bonds is 4. The minimum atomic E-state index is -1.08. The van der Waals surface area contributed by atoms with Crippen molar-refractivity contribution in [1.82, 2.24) is 0 Å². The molecule has 2 aromatic carbocycles. The van der Waals surface area contributed by atoms with E-state index in [0.717, 1.165) is 0 Å². The number of aromatic carboxylic acids is 1. The second-order valence-corrected chi connectivity index (χ2v) is 4.06. The lowest BCUT2D eigenvalue weighted by atomic mass is 10.1. The maximum absolute atomic E-state index is 13.4. The molecule has 0 aliphatic carbocycles. The van der Waals surface area contributed by atoms with Crippen LogP contribution in [0.15, 0.2) is 42.5 Å². The summed E-state index contributed by atoms with van der Waals surface area (Å²) in [6, 6.07) is 10.9. The van der Waals surface area contributed by atoms with Gasteiger partial charge in [-0.25, -0.2) is 9.18 Å². The smallest absolute Gasteiger partial charge is 0.337 e. The highest BCUT2D eigenvalue weighted by atomic mass is 19.1. The van der Waals surface area contributed by atoms with Crippen molar-refractivity contribution >= 4 is 17.3 Å². The van der Waals surface area contributed by atoms with E-state index in [2.05, 4.69) is 5.32 Å². The molecule has 0 saturated heterocycles. The molecule has 0 spiro atoms. The predicted molar refractivity (Wildman–Crippen MR) is 71.5 cm³/mol. The lowest BCUT2D eigenvalue weighted by Gasteiger charge is -2.10. The van der Waals surface area contributed by atoms with E-state index < -0.39 is 5.97 Å². The summed E-state index contributed by atoms with van der Waals surface area (Å²) in [5.41, 5.74) is 6.86. The van der Waals surface area contributed by atoms with Crippen LogP contribution in [0.5, 0.6) is 0 Å². The molecule has 0 aromatic heterocycles. The summed E-state index contributed by atoms with van der Waals surface area (Å²) in [6.07, 6.45) is 0. The molecular weight excluding hydrogens is 247 g/mol. The predicted octanol–water partition coefficient (Wildman–Crippen LogP) is 2.72. The first kappa shape index (κ1) is 12.9. The van der Waals surface area contributed by atoms with Gasteiger partial charge in [-0.05, 0) is 24.3 Å². The van der Waals surface area contributed by atoms with Gasteiger partial charge < -0.3 is 16.2 Å². The maximum atomic E-state index is 13.4. The van der Waals surface area contributed by atoms with Gasteiger partial charge in [0.2, 0.25) is 0 Å². The molecular formula is C14H13FN2O2. The number of carbonyl (C=O) groups is 1. The van der Waals surface area contributed by atoms with Gasteiger partial charge in [-0.3, -0.25) is 0 Å². The van der Waals surface area contributed by atoms with Gasteiger partial charge in [-0.1, -0.05) is 18.2 Å². The van der Waals surface area contributed by atoms with Crippen LogP contribution in [0.3, 0.4) is 0 Å². The van der Waals surface area contributed by atoms with E-state index in [1.807, 2.05) is 0 Å². The fourth-order valence-corrected chi connectivity index (χ4v) is 1.73. The molecule has 0 aliphatic rings. The Morgan fingerprint density at radius 2 is 2.00 bits per heavy atom. The first-order chi connectivity index (χ1) is 9.08. The largest absolute Gasteiger partial charge is 0.478 e. The Morgan fingerprint density at radius 1 is 1.26 bits per heavy atom. The Kier molecular flexibility index (Phi) is 3.66. The fraction of sp³-hybridized carbons (Fsp3) is 0.0714. The Labute approximate surface area is 109 Å². The number of nitrogen functional groups attached to an aromatic ring is 1. The van der Waals surface area contributed by atoms with Gasteiger partial charge in [0.25, 0.3) is 0 Å². The standard InChI is InChI=1S/C14H13FN2O2/c15-12-4-2-1-3-9(12)8-17-13-6-5-10(16)7-11(13)14(18)19/h1-7,17H,8,16H2,(H,18,19). The maximum Gasteiger partial charge on any atom is 0.337 e. The Hall–Kier alpha value is -2.56. The van der Waals surface area contributed by atoms with Gasteiger partial charge in [-0.15, -0.1) is 0 Å².